The van der Waals surface area contributed by atoms with E-state index in [1.807, 2.05) is 12.2 Å². The van der Waals surface area contributed by atoms with Crippen molar-refractivity contribution in [3.8, 4) is 12.1 Å². The molecule has 0 aliphatic heterocycles. The van der Waals surface area contributed by atoms with Crippen molar-refractivity contribution >= 4 is 24.4 Å². The molecule has 0 aromatic carbocycles. The SMILES string of the molecule is CCOC(=O)[C@H]1CC=C2[C@H](C=C3CC(=O)C(S)=C3CC2(C#N)C#N)C1. The first-order chi connectivity index (χ1) is 12.0. The van der Waals surface area contributed by atoms with Crippen LogP contribution in [-0.2, 0) is 14.3 Å². The number of esters is 1. The molecule has 0 saturated heterocycles. The molecule has 6 heteroatoms. The number of fused-ring (bicyclic) bond motifs is 2. The van der Waals surface area contributed by atoms with Crippen LogP contribution in [0.15, 0.2) is 33.8 Å². The minimum atomic E-state index is -1.32. The zero-order chi connectivity index (χ0) is 18.2. The van der Waals surface area contributed by atoms with Crippen LogP contribution in [0, 0.1) is 39.9 Å². The number of carbonyl (C=O) groups is 2. The van der Waals surface area contributed by atoms with Gasteiger partial charge in [0.15, 0.2) is 11.2 Å². The number of ketones is 1. The van der Waals surface area contributed by atoms with Gasteiger partial charge in [-0.3, -0.25) is 9.59 Å². The number of nitrogens with zero attached hydrogens (tertiary/aromatic N) is 2. The molecule has 0 aromatic heterocycles. The molecule has 0 heterocycles. The highest BCUT2D eigenvalue weighted by molar-refractivity contribution is 7.85. The highest BCUT2D eigenvalue weighted by Gasteiger charge is 2.46. The van der Waals surface area contributed by atoms with Gasteiger partial charge < -0.3 is 4.74 Å². The second-order valence-electron chi connectivity index (χ2n) is 6.61. The van der Waals surface area contributed by atoms with Gasteiger partial charge in [-0.2, -0.15) is 10.5 Å². The largest absolute Gasteiger partial charge is 0.466 e. The number of nitriles is 2. The molecule has 0 unspecified atom stereocenters. The molecule has 0 N–H and O–H groups in total. The predicted octanol–water partition coefficient (Wildman–Crippen LogP) is 3.02. The summed E-state index contributed by atoms with van der Waals surface area (Å²) in [5, 5.41) is 19.6. The van der Waals surface area contributed by atoms with Crippen LogP contribution < -0.4 is 0 Å². The van der Waals surface area contributed by atoms with Crippen molar-refractivity contribution in [1.82, 2.24) is 0 Å². The second kappa shape index (κ2) is 6.54. The van der Waals surface area contributed by atoms with E-state index < -0.39 is 5.41 Å². The maximum Gasteiger partial charge on any atom is 0.309 e. The molecule has 3 aliphatic rings. The Labute approximate surface area is 152 Å². The molecule has 0 amide bonds. The van der Waals surface area contributed by atoms with Gasteiger partial charge in [0.2, 0.25) is 0 Å². The Morgan fingerprint density at radius 2 is 2.16 bits per heavy atom. The number of Topliss-reactive ketones (excluding diaryl/α,β-unsaturated/α-hetero) is 1. The third-order valence-electron chi connectivity index (χ3n) is 5.19. The molecule has 0 bridgehead atoms. The molecule has 0 spiro atoms. The summed E-state index contributed by atoms with van der Waals surface area (Å²) in [6.45, 7) is 2.09. The lowest BCUT2D eigenvalue weighted by atomic mass is 9.68. The van der Waals surface area contributed by atoms with Gasteiger partial charge in [0.25, 0.3) is 0 Å². The summed E-state index contributed by atoms with van der Waals surface area (Å²) in [6.07, 6.45) is 5.16. The predicted molar refractivity (Wildman–Crippen MR) is 92.9 cm³/mol. The number of hydrogen-bond donors (Lipinski definition) is 1. The van der Waals surface area contributed by atoms with E-state index in [9.17, 15) is 20.1 Å². The van der Waals surface area contributed by atoms with E-state index in [1.165, 1.54) is 0 Å². The molecule has 128 valence electrons. The van der Waals surface area contributed by atoms with Crippen LogP contribution in [0.25, 0.3) is 0 Å². The molecular weight excluding hydrogens is 336 g/mol. The maximum atomic E-state index is 12.1. The Morgan fingerprint density at radius 3 is 2.80 bits per heavy atom. The summed E-state index contributed by atoms with van der Waals surface area (Å²) in [6, 6.07) is 4.33. The van der Waals surface area contributed by atoms with Gasteiger partial charge in [0, 0.05) is 18.8 Å². The van der Waals surface area contributed by atoms with E-state index in [2.05, 4.69) is 24.8 Å². The first kappa shape index (κ1) is 17.5. The zero-order valence-electron chi connectivity index (χ0n) is 13.9. The molecule has 5 nitrogen and oxygen atoms in total. The summed E-state index contributed by atoms with van der Waals surface area (Å²) in [7, 11) is 0. The first-order valence-electron chi connectivity index (χ1n) is 8.31. The number of carbonyl (C=O) groups excluding carboxylic acids is 2. The first-order valence-corrected chi connectivity index (χ1v) is 8.76. The van der Waals surface area contributed by atoms with Crippen LogP contribution >= 0.6 is 12.6 Å². The summed E-state index contributed by atoms with van der Waals surface area (Å²) in [4.78, 5) is 24.5. The van der Waals surface area contributed by atoms with E-state index in [-0.39, 0.29) is 36.4 Å². The van der Waals surface area contributed by atoms with Crippen LogP contribution in [0.4, 0.5) is 0 Å². The Hall–Kier alpha value is -2.31. The van der Waals surface area contributed by atoms with Gasteiger partial charge in [-0.1, -0.05) is 12.2 Å². The fourth-order valence-corrected chi connectivity index (χ4v) is 4.24. The average molecular weight is 354 g/mol. The van der Waals surface area contributed by atoms with Crippen LogP contribution in [0.5, 0.6) is 0 Å². The maximum absolute atomic E-state index is 12.1. The lowest BCUT2D eigenvalue weighted by Gasteiger charge is -2.31. The molecule has 2 atom stereocenters. The molecule has 0 saturated carbocycles. The van der Waals surface area contributed by atoms with Crippen LogP contribution in [-0.4, -0.2) is 18.4 Å². The summed E-state index contributed by atoms with van der Waals surface area (Å²) < 4.78 is 5.12. The normalized spacial score (nSPS) is 27.1. The minimum absolute atomic E-state index is 0.0838. The average Bonchev–Trinajstić information content (AvgIpc) is 2.80. The summed E-state index contributed by atoms with van der Waals surface area (Å²) in [5.41, 5.74) is 0.944. The fraction of sp³-hybridized carbons (Fsp3) is 0.474. The summed E-state index contributed by atoms with van der Waals surface area (Å²) in [5.74, 6) is -0.853. The van der Waals surface area contributed by atoms with Gasteiger partial charge in [-0.25, -0.2) is 0 Å². The molecule has 0 radical (unpaired) electrons. The number of allylic oxidation sites excluding steroid dienone is 6. The molecule has 0 fully saturated rings. The Bertz CT molecular complexity index is 809. The van der Waals surface area contributed by atoms with E-state index in [0.717, 1.165) is 11.1 Å². The molecule has 0 aromatic rings. The quantitative estimate of drug-likeness (QED) is 0.467. The molecule has 3 rings (SSSR count). The van der Waals surface area contributed by atoms with Crippen LogP contribution in [0.3, 0.4) is 0 Å². The Morgan fingerprint density at radius 1 is 1.44 bits per heavy atom. The minimum Gasteiger partial charge on any atom is -0.466 e. The molecule has 3 aliphatic carbocycles. The highest BCUT2D eigenvalue weighted by Crippen LogP contribution is 2.51. The standard InChI is InChI=1S/C19H18N2O3S/c1-2-24-18(23)11-3-4-15-13(5-11)6-12-7-16(22)17(25)14(12)8-19(15,9-20)10-21/h4,6,11,13,25H,2-3,5,7-8H2,1H3/t11-,13-/m0/s1. The third-order valence-corrected chi connectivity index (χ3v) is 5.71. The van der Waals surface area contributed by atoms with E-state index in [0.29, 0.717) is 29.9 Å². The third kappa shape index (κ3) is 2.81. The second-order valence-corrected chi connectivity index (χ2v) is 7.06. The van der Waals surface area contributed by atoms with Gasteiger partial charge in [0.1, 0.15) is 0 Å². The van der Waals surface area contributed by atoms with Crippen molar-refractivity contribution < 1.29 is 14.3 Å². The number of thiol groups is 1. The van der Waals surface area contributed by atoms with Crippen molar-refractivity contribution in [2.45, 2.75) is 32.6 Å². The zero-order valence-corrected chi connectivity index (χ0v) is 14.8. The van der Waals surface area contributed by atoms with Gasteiger partial charge >= 0.3 is 5.97 Å². The number of ether oxygens (including phenoxy) is 1. The topological polar surface area (TPSA) is 90.9 Å². The van der Waals surface area contributed by atoms with Crippen molar-refractivity contribution in [2.24, 2.45) is 17.3 Å². The lowest BCUT2D eigenvalue weighted by molar-refractivity contribution is -0.148. The van der Waals surface area contributed by atoms with Crippen molar-refractivity contribution in [3.63, 3.8) is 0 Å². The highest BCUT2D eigenvalue weighted by atomic mass is 32.1. The van der Waals surface area contributed by atoms with Gasteiger partial charge in [-0.15, -0.1) is 12.6 Å². The molecular formula is C19H18N2O3S. The van der Waals surface area contributed by atoms with E-state index >= 15 is 0 Å². The van der Waals surface area contributed by atoms with Crippen molar-refractivity contribution in [1.29, 1.82) is 10.5 Å². The van der Waals surface area contributed by atoms with Crippen LogP contribution in [0.2, 0.25) is 0 Å². The smallest absolute Gasteiger partial charge is 0.309 e. The lowest BCUT2D eigenvalue weighted by Crippen LogP contribution is -2.30. The van der Waals surface area contributed by atoms with Gasteiger partial charge in [0.05, 0.1) is 29.6 Å². The number of rotatable bonds is 2. The van der Waals surface area contributed by atoms with Crippen molar-refractivity contribution in [2.75, 3.05) is 6.61 Å². The monoisotopic (exact) mass is 354 g/mol. The van der Waals surface area contributed by atoms with Crippen LogP contribution in [0.1, 0.15) is 32.6 Å². The fourth-order valence-electron chi connectivity index (χ4n) is 3.94. The Balaban J connectivity index is 2.07. The van der Waals surface area contributed by atoms with E-state index in [4.69, 9.17) is 4.74 Å². The van der Waals surface area contributed by atoms with Gasteiger partial charge in [-0.05, 0) is 36.5 Å². The number of hydrogen-bond acceptors (Lipinski definition) is 6. The Kier molecular flexibility index (Phi) is 4.58. The van der Waals surface area contributed by atoms with Crippen molar-refractivity contribution in [3.05, 3.63) is 33.8 Å². The van der Waals surface area contributed by atoms with E-state index in [1.54, 1.807) is 6.92 Å². The molecule has 25 heavy (non-hydrogen) atoms. The summed E-state index contributed by atoms with van der Waals surface area (Å²) >= 11 is 4.30.